The van der Waals surface area contributed by atoms with E-state index in [0.717, 1.165) is 0 Å². The SMILES string of the molecule is ClCCOCN(COCCCl)c1nc(N(COCCCl)COCCCl)nc(N(COCCCl)COCCCl)n1. The standard InChI is InChI=1S/C21H36Cl6N6O6/c22-1-7-34-13-31(14-35-8-2-23)19-28-20(32(15-36-9-3-24)16-37-10-4-25)30-21(29-19)33(17-38-11-5-26)18-39-12-6-27/h1-18H2. The molecular formula is C21H36Cl6N6O6. The van der Waals surface area contributed by atoms with E-state index in [1.807, 2.05) is 0 Å². The van der Waals surface area contributed by atoms with Crippen molar-refractivity contribution >= 4 is 87.5 Å². The van der Waals surface area contributed by atoms with Gasteiger partial charge in [-0.2, -0.15) is 15.0 Å². The lowest BCUT2D eigenvalue weighted by molar-refractivity contribution is 0.0924. The second-order valence-electron chi connectivity index (χ2n) is 7.21. The van der Waals surface area contributed by atoms with Crippen molar-refractivity contribution in [3.05, 3.63) is 0 Å². The van der Waals surface area contributed by atoms with Crippen LogP contribution in [0.5, 0.6) is 0 Å². The predicted molar refractivity (Wildman–Crippen MR) is 156 cm³/mol. The van der Waals surface area contributed by atoms with E-state index in [9.17, 15) is 0 Å². The van der Waals surface area contributed by atoms with Crippen LogP contribution >= 0.6 is 69.6 Å². The van der Waals surface area contributed by atoms with E-state index >= 15 is 0 Å². The van der Waals surface area contributed by atoms with Gasteiger partial charge in [-0.15, -0.1) is 69.6 Å². The maximum atomic E-state index is 5.79. The Labute approximate surface area is 259 Å². The van der Waals surface area contributed by atoms with Crippen molar-refractivity contribution in [1.29, 1.82) is 0 Å². The summed E-state index contributed by atoms with van der Waals surface area (Å²) >= 11 is 34.8. The number of hydrogen-bond donors (Lipinski definition) is 0. The summed E-state index contributed by atoms with van der Waals surface area (Å²) < 4.78 is 33.9. The highest BCUT2D eigenvalue weighted by atomic mass is 35.5. The number of anilines is 3. The Morgan fingerprint density at radius 3 is 0.692 bits per heavy atom. The third-order valence-electron chi connectivity index (χ3n) is 4.26. The highest BCUT2D eigenvalue weighted by molar-refractivity contribution is 6.18. The third kappa shape index (κ3) is 16.8. The molecule has 0 aliphatic heterocycles. The molecule has 0 bridgehead atoms. The smallest absolute Gasteiger partial charge is 0.235 e. The van der Waals surface area contributed by atoms with Gasteiger partial charge in [0.1, 0.15) is 40.4 Å². The molecule has 39 heavy (non-hydrogen) atoms. The average molecular weight is 681 g/mol. The highest BCUT2D eigenvalue weighted by Crippen LogP contribution is 2.20. The summed E-state index contributed by atoms with van der Waals surface area (Å²) in [6.45, 7) is 2.43. The summed E-state index contributed by atoms with van der Waals surface area (Å²) in [5.41, 5.74) is 0. The molecular weight excluding hydrogens is 645 g/mol. The van der Waals surface area contributed by atoms with Crippen LogP contribution in [0.4, 0.5) is 17.8 Å². The van der Waals surface area contributed by atoms with Crippen LogP contribution in [-0.2, 0) is 28.4 Å². The molecule has 1 aromatic rings. The zero-order chi connectivity index (χ0) is 28.6. The monoisotopic (exact) mass is 678 g/mol. The number of hydrogen-bond acceptors (Lipinski definition) is 12. The first-order valence-electron chi connectivity index (χ1n) is 12.0. The molecule has 0 fully saturated rings. The molecule has 0 radical (unpaired) electrons. The molecule has 0 aliphatic rings. The number of ether oxygens (including phenoxy) is 6. The quantitative estimate of drug-likeness (QED) is 0.0771. The van der Waals surface area contributed by atoms with E-state index in [1.165, 1.54) is 0 Å². The number of rotatable bonds is 27. The van der Waals surface area contributed by atoms with Crippen LogP contribution < -0.4 is 14.7 Å². The van der Waals surface area contributed by atoms with Crippen LogP contribution in [0, 0.1) is 0 Å². The molecule has 0 amide bonds. The Morgan fingerprint density at radius 2 is 0.538 bits per heavy atom. The van der Waals surface area contributed by atoms with Crippen molar-refractivity contribution in [2.75, 3.05) is 130 Å². The molecule has 0 aliphatic carbocycles. The fourth-order valence-corrected chi connectivity index (χ4v) is 3.26. The number of halogens is 6. The number of alkyl halides is 6. The first-order chi connectivity index (χ1) is 19.1. The molecule has 0 saturated carbocycles. The lowest BCUT2D eigenvalue weighted by Gasteiger charge is -2.28. The van der Waals surface area contributed by atoms with E-state index < -0.39 is 0 Å². The van der Waals surface area contributed by atoms with Gasteiger partial charge in [-0.05, 0) is 0 Å². The van der Waals surface area contributed by atoms with Crippen LogP contribution in [0.3, 0.4) is 0 Å². The van der Waals surface area contributed by atoms with E-state index in [1.54, 1.807) is 14.7 Å². The van der Waals surface area contributed by atoms with Gasteiger partial charge in [-0.3, -0.25) is 14.7 Å². The highest BCUT2D eigenvalue weighted by Gasteiger charge is 2.22. The summed E-state index contributed by atoms with van der Waals surface area (Å²) in [5.74, 6) is 2.65. The lowest BCUT2D eigenvalue weighted by Crippen LogP contribution is -2.37. The molecule has 0 atom stereocenters. The van der Waals surface area contributed by atoms with Crippen molar-refractivity contribution in [3.63, 3.8) is 0 Å². The van der Waals surface area contributed by atoms with Crippen LogP contribution in [0.2, 0.25) is 0 Å². The summed E-state index contributed by atoms with van der Waals surface area (Å²) in [7, 11) is 0. The zero-order valence-electron chi connectivity index (χ0n) is 21.6. The van der Waals surface area contributed by atoms with Gasteiger partial charge in [-0.1, -0.05) is 0 Å². The minimum absolute atomic E-state index is 0.0922. The molecule has 0 aromatic carbocycles. The van der Waals surface area contributed by atoms with Crippen molar-refractivity contribution in [1.82, 2.24) is 15.0 Å². The minimum atomic E-state index is 0.0922. The fourth-order valence-electron chi connectivity index (χ4n) is 2.60. The Kier molecular flexibility index (Phi) is 24.3. The molecule has 0 spiro atoms. The average Bonchev–Trinajstić information content (AvgIpc) is 2.95. The van der Waals surface area contributed by atoms with E-state index in [-0.39, 0.29) is 58.2 Å². The summed E-state index contributed by atoms with van der Waals surface area (Å²) in [5, 5.41) is 0. The number of nitrogens with zero attached hydrogens (tertiary/aromatic N) is 6. The summed E-state index contributed by atoms with van der Waals surface area (Å²) in [6.07, 6.45) is 0. The lowest BCUT2D eigenvalue weighted by atomic mass is 10.6. The van der Waals surface area contributed by atoms with Crippen LogP contribution in [0.1, 0.15) is 0 Å². The van der Waals surface area contributed by atoms with Crippen molar-refractivity contribution in [2.24, 2.45) is 0 Å². The second-order valence-corrected chi connectivity index (χ2v) is 9.48. The van der Waals surface area contributed by atoms with Crippen LogP contribution in [-0.4, -0.2) is 130 Å². The van der Waals surface area contributed by atoms with Gasteiger partial charge in [0.05, 0.1) is 39.6 Å². The molecule has 1 rings (SSSR count). The van der Waals surface area contributed by atoms with Gasteiger partial charge in [0.15, 0.2) is 0 Å². The first kappa shape index (κ1) is 36.9. The third-order valence-corrected chi connectivity index (χ3v) is 5.19. The normalized spacial score (nSPS) is 11.2. The minimum Gasteiger partial charge on any atom is -0.360 e. The maximum Gasteiger partial charge on any atom is 0.235 e. The maximum absolute atomic E-state index is 5.79. The van der Waals surface area contributed by atoms with Gasteiger partial charge in [-0.25, -0.2) is 0 Å². The van der Waals surface area contributed by atoms with Crippen LogP contribution in [0.25, 0.3) is 0 Å². The molecule has 228 valence electrons. The van der Waals surface area contributed by atoms with Gasteiger partial charge < -0.3 is 28.4 Å². The van der Waals surface area contributed by atoms with Crippen molar-refractivity contribution in [3.8, 4) is 0 Å². The van der Waals surface area contributed by atoms with Gasteiger partial charge in [0.25, 0.3) is 0 Å². The molecule has 12 nitrogen and oxygen atoms in total. The Hall–Kier alpha value is -0.0900. The predicted octanol–water partition coefficient (Wildman–Crippen LogP) is 3.57. The first-order valence-corrected chi connectivity index (χ1v) is 15.2. The van der Waals surface area contributed by atoms with E-state index in [2.05, 4.69) is 15.0 Å². The van der Waals surface area contributed by atoms with Gasteiger partial charge in [0, 0.05) is 35.3 Å². The van der Waals surface area contributed by atoms with Crippen molar-refractivity contribution in [2.45, 2.75) is 0 Å². The molecule has 0 N–H and O–H groups in total. The topological polar surface area (TPSA) is 104 Å². The van der Waals surface area contributed by atoms with E-state index in [0.29, 0.717) is 74.9 Å². The Morgan fingerprint density at radius 1 is 0.359 bits per heavy atom. The molecule has 18 heteroatoms. The van der Waals surface area contributed by atoms with Crippen molar-refractivity contribution < 1.29 is 28.4 Å². The second kappa shape index (κ2) is 25.6. The van der Waals surface area contributed by atoms with Crippen LogP contribution in [0.15, 0.2) is 0 Å². The number of aromatic nitrogens is 3. The molecule has 0 saturated heterocycles. The zero-order valence-corrected chi connectivity index (χ0v) is 26.2. The largest absolute Gasteiger partial charge is 0.360 e. The van der Waals surface area contributed by atoms with Gasteiger partial charge in [0.2, 0.25) is 17.8 Å². The molecule has 1 heterocycles. The summed E-state index contributed by atoms with van der Waals surface area (Å²) in [4.78, 5) is 19.0. The summed E-state index contributed by atoms with van der Waals surface area (Å²) in [6, 6.07) is 0. The van der Waals surface area contributed by atoms with E-state index in [4.69, 9.17) is 98.0 Å². The fraction of sp³-hybridized carbons (Fsp3) is 0.857. The Bertz CT molecular complexity index is 593. The molecule has 1 aromatic heterocycles. The molecule has 0 unspecified atom stereocenters. The van der Waals surface area contributed by atoms with Gasteiger partial charge >= 0.3 is 0 Å². The Balaban J connectivity index is 3.47.